The molecule has 100 valence electrons. The molecule has 0 saturated heterocycles. The number of rotatable bonds is 2. The van der Waals surface area contributed by atoms with Crippen LogP contribution in [0.3, 0.4) is 0 Å². The van der Waals surface area contributed by atoms with Crippen LogP contribution in [0.4, 0.5) is 0 Å². The molecular weight excluding hydrogens is 256 g/mol. The van der Waals surface area contributed by atoms with Crippen LogP contribution in [0.15, 0.2) is 30.3 Å². The lowest BCUT2D eigenvalue weighted by molar-refractivity contribution is 0.0674. The van der Waals surface area contributed by atoms with E-state index in [0.717, 1.165) is 23.3 Å². The van der Waals surface area contributed by atoms with Crippen LogP contribution >= 0.6 is 11.3 Å². The highest BCUT2D eigenvalue weighted by Gasteiger charge is 2.28. The molecule has 0 saturated carbocycles. The summed E-state index contributed by atoms with van der Waals surface area (Å²) in [6.07, 6.45) is 1.24. The summed E-state index contributed by atoms with van der Waals surface area (Å²) < 4.78 is 6.05. The minimum absolute atomic E-state index is 0.0180. The maximum Gasteiger partial charge on any atom is 0.136 e. The third kappa shape index (κ3) is 2.40. The zero-order chi connectivity index (χ0) is 13.4. The second-order valence-electron chi connectivity index (χ2n) is 5.06. The summed E-state index contributed by atoms with van der Waals surface area (Å²) in [6.45, 7) is 4.19. The molecule has 1 aliphatic heterocycles. The molecule has 1 aliphatic rings. The van der Waals surface area contributed by atoms with Gasteiger partial charge in [0.1, 0.15) is 11.9 Å². The third-order valence-corrected chi connectivity index (χ3v) is 4.90. The Bertz CT molecular complexity index is 588. The average Bonchev–Trinajstić information content (AvgIpc) is 2.88. The molecule has 3 rings (SSSR count). The number of fused-ring (bicyclic) bond motifs is 1. The molecule has 1 aromatic carbocycles. The van der Waals surface area contributed by atoms with E-state index in [1.54, 1.807) is 11.3 Å². The first-order valence-corrected chi connectivity index (χ1v) is 7.53. The fraction of sp³-hybridized carbons (Fsp3) is 0.375. The molecule has 2 aromatic rings. The number of aryl methyl sites for hydroxylation is 2. The Morgan fingerprint density at radius 3 is 2.89 bits per heavy atom. The van der Waals surface area contributed by atoms with Crippen molar-refractivity contribution in [2.24, 2.45) is 0 Å². The highest BCUT2D eigenvalue weighted by atomic mass is 32.1. The van der Waals surface area contributed by atoms with E-state index in [-0.39, 0.29) is 6.10 Å². The second kappa shape index (κ2) is 4.99. The molecule has 1 aromatic heterocycles. The van der Waals surface area contributed by atoms with Gasteiger partial charge in [0.15, 0.2) is 0 Å². The molecule has 0 amide bonds. The first-order valence-electron chi connectivity index (χ1n) is 6.71. The van der Waals surface area contributed by atoms with Gasteiger partial charge in [0.05, 0.1) is 6.10 Å². The Kier molecular flexibility index (Phi) is 3.33. The topological polar surface area (TPSA) is 29.5 Å². The Balaban J connectivity index is 1.90. The molecule has 0 radical (unpaired) electrons. The summed E-state index contributed by atoms with van der Waals surface area (Å²) in [4.78, 5) is 2.57. The van der Waals surface area contributed by atoms with Crippen molar-refractivity contribution >= 4 is 11.3 Å². The van der Waals surface area contributed by atoms with E-state index < -0.39 is 6.10 Å². The van der Waals surface area contributed by atoms with Crippen molar-refractivity contribution in [3.05, 3.63) is 51.2 Å². The van der Waals surface area contributed by atoms with Gasteiger partial charge in [-0.05, 0) is 37.6 Å². The van der Waals surface area contributed by atoms with Crippen molar-refractivity contribution in [3.63, 3.8) is 0 Å². The SMILES string of the molecule is CCc1ccc(C2C[C@@H](O)c3cc(C)ccc3O2)s1. The Hall–Kier alpha value is -1.32. The summed E-state index contributed by atoms with van der Waals surface area (Å²) >= 11 is 1.78. The van der Waals surface area contributed by atoms with Crippen LogP contribution in [0.1, 0.15) is 46.4 Å². The second-order valence-corrected chi connectivity index (χ2v) is 6.26. The smallest absolute Gasteiger partial charge is 0.136 e. The number of aliphatic hydroxyl groups excluding tert-OH is 1. The third-order valence-electron chi connectivity index (χ3n) is 3.58. The van der Waals surface area contributed by atoms with Crippen molar-refractivity contribution in [3.8, 4) is 5.75 Å². The molecule has 3 heteroatoms. The summed E-state index contributed by atoms with van der Waals surface area (Å²) in [7, 11) is 0. The van der Waals surface area contributed by atoms with Crippen LogP contribution in [-0.4, -0.2) is 5.11 Å². The van der Waals surface area contributed by atoms with E-state index in [2.05, 4.69) is 19.1 Å². The van der Waals surface area contributed by atoms with Gasteiger partial charge in [-0.25, -0.2) is 0 Å². The summed E-state index contributed by atoms with van der Waals surface area (Å²) in [5.74, 6) is 0.820. The van der Waals surface area contributed by atoms with Crippen LogP contribution in [0.2, 0.25) is 0 Å². The molecular formula is C16H18O2S. The molecule has 2 atom stereocenters. The molecule has 2 heterocycles. The molecule has 0 spiro atoms. The van der Waals surface area contributed by atoms with Gasteiger partial charge in [0, 0.05) is 21.7 Å². The number of thiophene rings is 1. The van der Waals surface area contributed by atoms with E-state index in [0.29, 0.717) is 6.42 Å². The first kappa shape index (κ1) is 12.7. The maximum atomic E-state index is 10.3. The number of benzene rings is 1. The van der Waals surface area contributed by atoms with Gasteiger partial charge in [-0.2, -0.15) is 0 Å². The largest absolute Gasteiger partial charge is 0.484 e. The quantitative estimate of drug-likeness (QED) is 0.890. The Morgan fingerprint density at radius 1 is 1.32 bits per heavy atom. The molecule has 0 bridgehead atoms. The normalized spacial score (nSPS) is 21.8. The van der Waals surface area contributed by atoms with E-state index in [9.17, 15) is 5.11 Å². The van der Waals surface area contributed by atoms with Crippen molar-refractivity contribution in [1.29, 1.82) is 0 Å². The van der Waals surface area contributed by atoms with Gasteiger partial charge in [-0.1, -0.05) is 18.6 Å². The van der Waals surface area contributed by atoms with Crippen LogP contribution in [-0.2, 0) is 6.42 Å². The van der Waals surface area contributed by atoms with Crippen LogP contribution in [0.5, 0.6) is 5.75 Å². The predicted octanol–water partition coefficient (Wildman–Crippen LogP) is 4.18. The monoisotopic (exact) mass is 274 g/mol. The zero-order valence-electron chi connectivity index (χ0n) is 11.2. The fourth-order valence-corrected chi connectivity index (χ4v) is 3.49. The molecule has 1 unspecified atom stereocenters. The van der Waals surface area contributed by atoms with Crippen LogP contribution < -0.4 is 4.74 Å². The number of hydrogen-bond acceptors (Lipinski definition) is 3. The van der Waals surface area contributed by atoms with E-state index in [4.69, 9.17) is 4.74 Å². The molecule has 2 nitrogen and oxygen atoms in total. The number of aliphatic hydroxyl groups is 1. The van der Waals surface area contributed by atoms with Crippen molar-refractivity contribution in [2.75, 3.05) is 0 Å². The summed E-state index contributed by atoms with van der Waals surface area (Å²) in [5, 5.41) is 10.3. The molecule has 0 fully saturated rings. The van der Waals surface area contributed by atoms with Gasteiger partial charge < -0.3 is 9.84 Å². The lowest BCUT2D eigenvalue weighted by Gasteiger charge is -2.29. The zero-order valence-corrected chi connectivity index (χ0v) is 12.0. The first-order chi connectivity index (χ1) is 9.17. The minimum Gasteiger partial charge on any atom is -0.484 e. The molecule has 0 aliphatic carbocycles. The van der Waals surface area contributed by atoms with E-state index >= 15 is 0 Å². The van der Waals surface area contributed by atoms with Gasteiger partial charge in [-0.3, -0.25) is 0 Å². The highest BCUT2D eigenvalue weighted by Crippen LogP contribution is 2.42. The summed E-state index contributed by atoms with van der Waals surface area (Å²) in [6, 6.07) is 10.3. The molecule has 1 N–H and O–H groups in total. The van der Waals surface area contributed by atoms with Gasteiger partial charge in [0.2, 0.25) is 0 Å². The van der Waals surface area contributed by atoms with Crippen LogP contribution in [0.25, 0.3) is 0 Å². The lowest BCUT2D eigenvalue weighted by Crippen LogP contribution is -2.18. The van der Waals surface area contributed by atoms with Crippen molar-refractivity contribution in [2.45, 2.75) is 38.9 Å². The highest BCUT2D eigenvalue weighted by molar-refractivity contribution is 7.12. The summed E-state index contributed by atoms with van der Waals surface area (Å²) in [5.41, 5.74) is 2.08. The Labute approximate surface area is 117 Å². The van der Waals surface area contributed by atoms with Crippen LogP contribution in [0, 0.1) is 6.92 Å². The number of hydrogen-bond donors (Lipinski definition) is 1. The molecule has 19 heavy (non-hydrogen) atoms. The van der Waals surface area contributed by atoms with Gasteiger partial charge in [0.25, 0.3) is 0 Å². The van der Waals surface area contributed by atoms with Crippen molar-refractivity contribution < 1.29 is 9.84 Å². The van der Waals surface area contributed by atoms with Gasteiger partial charge >= 0.3 is 0 Å². The minimum atomic E-state index is -0.430. The average molecular weight is 274 g/mol. The fourth-order valence-electron chi connectivity index (χ4n) is 2.50. The maximum absolute atomic E-state index is 10.3. The lowest BCUT2D eigenvalue weighted by atomic mass is 9.97. The Morgan fingerprint density at radius 2 is 2.16 bits per heavy atom. The van der Waals surface area contributed by atoms with Crippen molar-refractivity contribution in [1.82, 2.24) is 0 Å². The van der Waals surface area contributed by atoms with E-state index in [1.807, 2.05) is 25.1 Å². The van der Waals surface area contributed by atoms with Gasteiger partial charge in [-0.15, -0.1) is 11.3 Å². The standard InChI is InChI=1S/C16H18O2S/c1-3-11-5-7-16(19-11)15-9-13(17)12-8-10(2)4-6-14(12)18-15/h4-8,13,15,17H,3,9H2,1-2H3/t13-,15?/m1/s1. The number of ether oxygens (including phenoxy) is 1. The predicted molar refractivity (Wildman–Crippen MR) is 77.8 cm³/mol. The van der Waals surface area contributed by atoms with E-state index in [1.165, 1.54) is 9.75 Å².